The molecule has 4 rings (SSSR count). The van der Waals surface area contributed by atoms with Gasteiger partial charge in [0.25, 0.3) is 0 Å². The molecule has 0 spiro atoms. The first-order chi connectivity index (χ1) is 13.1. The SMILES string of the molecule is Cc1ccc(Cc2nc(-c3ccc4c(c3)nnn4CCN(C)C)no2)cc1. The highest BCUT2D eigenvalue weighted by Crippen LogP contribution is 2.22. The van der Waals surface area contributed by atoms with Crippen molar-refractivity contribution in [2.75, 3.05) is 20.6 Å². The second kappa shape index (κ2) is 7.28. The van der Waals surface area contributed by atoms with Crippen molar-refractivity contribution >= 4 is 11.0 Å². The lowest BCUT2D eigenvalue weighted by molar-refractivity contribution is 0.374. The number of aromatic nitrogens is 5. The summed E-state index contributed by atoms with van der Waals surface area (Å²) in [5, 5.41) is 12.6. The number of likely N-dealkylation sites (N-methyl/N-ethyl adjacent to an activating group) is 1. The van der Waals surface area contributed by atoms with Crippen LogP contribution in [0.25, 0.3) is 22.4 Å². The summed E-state index contributed by atoms with van der Waals surface area (Å²) in [6.07, 6.45) is 0.621. The van der Waals surface area contributed by atoms with E-state index in [1.165, 1.54) is 5.56 Å². The number of benzene rings is 2. The molecular formula is C20H22N6O. The van der Waals surface area contributed by atoms with Crippen molar-refractivity contribution in [2.24, 2.45) is 0 Å². The second-order valence-electron chi connectivity index (χ2n) is 6.99. The lowest BCUT2D eigenvalue weighted by atomic mass is 10.1. The molecule has 0 fully saturated rings. The van der Waals surface area contributed by atoms with Crippen LogP contribution in [0.3, 0.4) is 0 Å². The van der Waals surface area contributed by atoms with Gasteiger partial charge in [-0.2, -0.15) is 4.98 Å². The highest BCUT2D eigenvalue weighted by molar-refractivity contribution is 5.79. The first-order valence-corrected chi connectivity index (χ1v) is 8.95. The van der Waals surface area contributed by atoms with Crippen molar-refractivity contribution in [1.82, 2.24) is 30.0 Å². The summed E-state index contributed by atoms with van der Waals surface area (Å²) in [6, 6.07) is 14.3. The smallest absolute Gasteiger partial charge is 0.231 e. The monoisotopic (exact) mass is 362 g/mol. The molecule has 0 amide bonds. The maximum absolute atomic E-state index is 5.43. The van der Waals surface area contributed by atoms with Gasteiger partial charge in [0, 0.05) is 12.1 Å². The minimum Gasteiger partial charge on any atom is -0.339 e. The maximum atomic E-state index is 5.43. The summed E-state index contributed by atoms with van der Waals surface area (Å²) in [5.41, 5.74) is 5.09. The van der Waals surface area contributed by atoms with E-state index in [4.69, 9.17) is 4.52 Å². The predicted octanol–water partition coefficient (Wildman–Crippen LogP) is 2.94. The molecule has 2 heterocycles. The summed E-state index contributed by atoms with van der Waals surface area (Å²) in [4.78, 5) is 6.65. The molecule has 0 aliphatic rings. The van der Waals surface area contributed by atoms with Gasteiger partial charge in [-0.05, 0) is 44.8 Å². The lowest BCUT2D eigenvalue weighted by Crippen LogP contribution is -2.18. The van der Waals surface area contributed by atoms with Crippen LogP contribution in [-0.2, 0) is 13.0 Å². The number of hydrogen-bond donors (Lipinski definition) is 0. The van der Waals surface area contributed by atoms with Gasteiger partial charge in [-0.15, -0.1) is 5.10 Å². The van der Waals surface area contributed by atoms with Crippen LogP contribution in [0, 0.1) is 6.92 Å². The molecule has 0 unspecified atom stereocenters. The zero-order valence-electron chi connectivity index (χ0n) is 15.8. The molecule has 138 valence electrons. The molecule has 0 saturated heterocycles. The summed E-state index contributed by atoms with van der Waals surface area (Å²) >= 11 is 0. The first-order valence-electron chi connectivity index (χ1n) is 8.95. The molecule has 0 saturated carbocycles. The average molecular weight is 362 g/mol. The minimum absolute atomic E-state index is 0.571. The number of hydrogen-bond acceptors (Lipinski definition) is 6. The molecule has 2 aromatic carbocycles. The van der Waals surface area contributed by atoms with Crippen LogP contribution in [0.5, 0.6) is 0 Å². The molecule has 0 atom stereocenters. The Labute approximate surface area is 157 Å². The lowest BCUT2D eigenvalue weighted by Gasteiger charge is -2.09. The fraction of sp³-hybridized carbons (Fsp3) is 0.300. The molecule has 0 aliphatic carbocycles. The van der Waals surface area contributed by atoms with E-state index in [0.29, 0.717) is 18.1 Å². The number of fused-ring (bicyclic) bond motifs is 1. The molecular weight excluding hydrogens is 340 g/mol. The number of aryl methyl sites for hydroxylation is 1. The highest BCUT2D eigenvalue weighted by Gasteiger charge is 2.12. The van der Waals surface area contributed by atoms with E-state index in [1.54, 1.807) is 0 Å². The van der Waals surface area contributed by atoms with E-state index in [9.17, 15) is 0 Å². The molecule has 0 aliphatic heterocycles. The standard InChI is InChI=1S/C20H22N6O/c1-14-4-6-15(7-5-14)12-19-21-20(23-27-19)16-8-9-18-17(13-16)22-24-26(18)11-10-25(2)3/h4-9,13H,10-12H2,1-3H3. The topological polar surface area (TPSA) is 72.9 Å². The molecule has 27 heavy (non-hydrogen) atoms. The normalized spacial score (nSPS) is 11.6. The van der Waals surface area contributed by atoms with Crippen molar-refractivity contribution in [3.05, 3.63) is 59.5 Å². The van der Waals surface area contributed by atoms with Crippen LogP contribution >= 0.6 is 0 Å². The van der Waals surface area contributed by atoms with Gasteiger partial charge >= 0.3 is 0 Å². The van der Waals surface area contributed by atoms with Gasteiger partial charge in [0.05, 0.1) is 18.5 Å². The summed E-state index contributed by atoms with van der Waals surface area (Å²) in [7, 11) is 4.09. The zero-order valence-corrected chi connectivity index (χ0v) is 15.8. The number of rotatable bonds is 6. The van der Waals surface area contributed by atoms with Crippen molar-refractivity contribution < 1.29 is 4.52 Å². The summed E-state index contributed by atoms with van der Waals surface area (Å²) < 4.78 is 7.34. The minimum atomic E-state index is 0.571. The van der Waals surface area contributed by atoms with Crippen LogP contribution < -0.4 is 0 Å². The third-order valence-electron chi connectivity index (χ3n) is 4.48. The van der Waals surface area contributed by atoms with Gasteiger partial charge in [0.2, 0.25) is 11.7 Å². The Morgan fingerprint density at radius 3 is 2.67 bits per heavy atom. The van der Waals surface area contributed by atoms with Crippen molar-refractivity contribution in [3.63, 3.8) is 0 Å². The third kappa shape index (κ3) is 3.88. The van der Waals surface area contributed by atoms with Gasteiger partial charge in [-0.1, -0.05) is 40.2 Å². The van der Waals surface area contributed by atoms with E-state index >= 15 is 0 Å². The van der Waals surface area contributed by atoms with E-state index in [-0.39, 0.29) is 0 Å². The van der Waals surface area contributed by atoms with Gasteiger partial charge in [0.15, 0.2) is 0 Å². The summed E-state index contributed by atoms with van der Waals surface area (Å²) in [6.45, 7) is 3.78. The zero-order chi connectivity index (χ0) is 18.8. The van der Waals surface area contributed by atoms with Gasteiger partial charge < -0.3 is 9.42 Å². The van der Waals surface area contributed by atoms with Crippen LogP contribution in [0.15, 0.2) is 47.0 Å². The van der Waals surface area contributed by atoms with Crippen LogP contribution in [0.2, 0.25) is 0 Å². The Hall–Kier alpha value is -3.06. The molecule has 0 N–H and O–H groups in total. The summed E-state index contributed by atoms with van der Waals surface area (Å²) in [5.74, 6) is 1.17. The van der Waals surface area contributed by atoms with E-state index < -0.39 is 0 Å². The van der Waals surface area contributed by atoms with Gasteiger partial charge in [-0.25, -0.2) is 4.68 Å². The average Bonchev–Trinajstić information content (AvgIpc) is 3.28. The van der Waals surface area contributed by atoms with Crippen LogP contribution in [0.4, 0.5) is 0 Å². The van der Waals surface area contributed by atoms with Crippen LogP contribution in [0.1, 0.15) is 17.0 Å². The Morgan fingerprint density at radius 2 is 1.89 bits per heavy atom. The van der Waals surface area contributed by atoms with Gasteiger partial charge in [0.1, 0.15) is 5.52 Å². The van der Waals surface area contributed by atoms with E-state index in [0.717, 1.165) is 35.2 Å². The first kappa shape index (κ1) is 17.4. The highest BCUT2D eigenvalue weighted by atomic mass is 16.5. The fourth-order valence-corrected chi connectivity index (χ4v) is 2.90. The second-order valence-corrected chi connectivity index (χ2v) is 6.99. The van der Waals surface area contributed by atoms with Crippen molar-refractivity contribution in [2.45, 2.75) is 19.9 Å². The molecule has 7 nitrogen and oxygen atoms in total. The number of nitrogens with zero attached hydrogens (tertiary/aromatic N) is 6. The Kier molecular flexibility index (Phi) is 4.68. The molecule has 0 radical (unpaired) electrons. The predicted molar refractivity (Wildman–Crippen MR) is 103 cm³/mol. The molecule has 2 aromatic heterocycles. The van der Waals surface area contributed by atoms with Crippen LogP contribution in [-0.4, -0.2) is 50.7 Å². The molecule has 0 bridgehead atoms. The maximum Gasteiger partial charge on any atom is 0.231 e. The molecule has 4 aromatic rings. The Bertz CT molecular complexity index is 1050. The largest absolute Gasteiger partial charge is 0.339 e. The van der Waals surface area contributed by atoms with E-state index in [1.807, 2.05) is 37.0 Å². The Balaban J connectivity index is 1.54. The molecule has 7 heteroatoms. The third-order valence-corrected chi connectivity index (χ3v) is 4.48. The van der Waals surface area contributed by atoms with Gasteiger partial charge in [-0.3, -0.25) is 0 Å². The fourth-order valence-electron chi connectivity index (χ4n) is 2.90. The Morgan fingerprint density at radius 1 is 1.07 bits per heavy atom. The van der Waals surface area contributed by atoms with Crippen molar-refractivity contribution in [1.29, 1.82) is 0 Å². The van der Waals surface area contributed by atoms with Crippen molar-refractivity contribution in [3.8, 4) is 11.4 Å². The van der Waals surface area contributed by atoms with E-state index in [2.05, 4.69) is 56.5 Å². The quantitative estimate of drug-likeness (QED) is 0.525.